The molecule has 0 radical (unpaired) electrons. The minimum Gasteiger partial charge on any atom is -0.481 e. The highest BCUT2D eigenvalue weighted by Crippen LogP contribution is 2.31. The number of amides is 1. The lowest BCUT2D eigenvalue weighted by Gasteiger charge is -2.09. The van der Waals surface area contributed by atoms with Crippen LogP contribution in [0.1, 0.15) is 19.3 Å². The number of rotatable bonds is 5. The Labute approximate surface area is 113 Å². The topological polar surface area (TPSA) is 66.4 Å². The average molecular weight is 294 g/mol. The smallest absolute Gasteiger partial charge is 0.303 e. The summed E-state index contributed by atoms with van der Waals surface area (Å²) < 4.78 is 12.9. The third-order valence-electron chi connectivity index (χ3n) is 2.07. The molecule has 0 saturated heterocycles. The number of aliphatic carboxylic acids is 1. The largest absolute Gasteiger partial charge is 0.481 e. The van der Waals surface area contributed by atoms with Crippen molar-refractivity contribution in [2.24, 2.45) is 0 Å². The predicted octanol–water partition coefficient (Wildman–Crippen LogP) is 3.33. The number of benzene rings is 1. The number of carboxylic acid groups (broad SMARTS) is 1. The van der Waals surface area contributed by atoms with Gasteiger partial charge in [-0.3, -0.25) is 9.59 Å². The Kier molecular flexibility index (Phi) is 5.37. The summed E-state index contributed by atoms with van der Waals surface area (Å²) in [5.41, 5.74) is 0.125. The van der Waals surface area contributed by atoms with Crippen LogP contribution in [0.15, 0.2) is 12.1 Å². The molecule has 0 aliphatic heterocycles. The van der Waals surface area contributed by atoms with Crippen LogP contribution in [0.25, 0.3) is 0 Å². The molecule has 2 N–H and O–H groups in total. The maximum absolute atomic E-state index is 12.9. The molecule has 1 aromatic carbocycles. The van der Waals surface area contributed by atoms with Crippen LogP contribution in [0.4, 0.5) is 10.1 Å². The molecular weight excluding hydrogens is 284 g/mol. The van der Waals surface area contributed by atoms with Gasteiger partial charge in [-0.2, -0.15) is 0 Å². The van der Waals surface area contributed by atoms with Crippen LogP contribution in [0.3, 0.4) is 0 Å². The van der Waals surface area contributed by atoms with Gasteiger partial charge in [-0.1, -0.05) is 23.2 Å². The maximum Gasteiger partial charge on any atom is 0.303 e. The molecule has 0 saturated carbocycles. The summed E-state index contributed by atoms with van der Waals surface area (Å²) in [5.74, 6) is -2.00. The lowest BCUT2D eigenvalue weighted by molar-refractivity contribution is -0.137. The van der Waals surface area contributed by atoms with Gasteiger partial charge < -0.3 is 10.4 Å². The molecule has 98 valence electrons. The minimum atomic E-state index is -0.972. The van der Waals surface area contributed by atoms with E-state index < -0.39 is 17.7 Å². The molecule has 0 heterocycles. The Bertz CT molecular complexity index is 456. The van der Waals surface area contributed by atoms with Gasteiger partial charge >= 0.3 is 5.97 Å². The lowest BCUT2D eigenvalue weighted by atomic mass is 10.2. The highest BCUT2D eigenvalue weighted by Gasteiger charge is 2.12. The van der Waals surface area contributed by atoms with Gasteiger partial charge in [0, 0.05) is 12.8 Å². The van der Waals surface area contributed by atoms with Crippen LogP contribution in [0.2, 0.25) is 10.0 Å². The van der Waals surface area contributed by atoms with Crippen LogP contribution in [-0.4, -0.2) is 17.0 Å². The summed E-state index contributed by atoms with van der Waals surface area (Å²) in [7, 11) is 0. The fourth-order valence-corrected chi connectivity index (χ4v) is 1.82. The van der Waals surface area contributed by atoms with Gasteiger partial charge in [0.25, 0.3) is 0 Å². The number of anilines is 1. The van der Waals surface area contributed by atoms with Gasteiger partial charge in [0.05, 0.1) is 15.7 Å². The number of hydrogen-bond donors (Lipinski definition) is 2. The normalized spacial score (nSPS) is 10.2. The second-order valence-corrected chi connectivity index (χ2v) is 4.35. The molecule has 0 unspecified atom stereocenters. The molecule has 0 aliphatic carbocycles. The fraction of sp³-hybridized carbons (Fsp3) is 0.273. The molecule has 1 amide bonds. The lowest BCUT2D eigenvalue weighted by Crippen LogP contribution is -2.12. The third kappa shape index (κ3) is 4.50. The third-order valence-corrected chi connectivity index (χ3v) is 2.66. The zero-order valence-corrected chi connectivity index (χ0v) is 10.7. The van der Waals surface area contributed by atoms with Gasteiger partial charge in [0.2, 0.25) is 5.91 Å². The van der Waals surface area contributed by atoms with Crippen LogP contribution in [0.5, 0.6) is 0 Å². The van der Waals surface area contributed by atoms with Crippen molar-refractivity contribution in [3.8, 4) is 0 Å². The van der Waals surface area contributed by atoms with Gasteiger partial charge in [0.15, 0.2) is 0 Å². The minimum absolute atomic E-state index is 0.00779. The first-order valence-electron chi connectivity index (χ1n) is 5.06. The van der Waals surface area contributed by atoms with E-state index in [-0.39, 0.29) is 35.0 Å². The van der Waals surface area contributed by atoms with E-state index in [1.165, 1.54) is 0 Å². The molecule has 1 rings (SSSR count). The summed E-state index contributed by atoms with van der Waals surface area (Å²) in [6, 6.07) is 2.06. The van der Waals surface area contributed by atoms with Crippen LogP contribution in [0, 0.1) is 5.82 Å². The highest BCUT2D eigenvalue weighted by molar-refractivity contribution is 6.39. The van der Waals surface area contributed by atoms with Crippen molar-refractivity contribution in [3.05, 3.63) is 28.0 Å². The zero-order chi connectivity index (χ0) is 13.7. The summed E-state index contributed by atoms with van der Waals surface area (Å²) in [6.45, 7) is 0. The Morgan fingerprint density at radius 2 is 1.78 bits per heavy atom. The molecule has 0 aliphatic rings. The molecule has 18 heavy (non-hydrogen) atoms. The zero-order valence-electron chi connectivity index (χ0n) is 9.17. The quantitative estimate of drug-likeness (QED) is 0.875. The Hall–Kier alpha value is -1.33. The summed E-state index contributed by atoms with van der Waals surface area (Å²) >= 11 is 11.5. The van der Waals surface area contributed by atoms with E-state index in [1.54, 1.807) is 0 Å². The molecule has 0 fully saturated rings. The Balaban J connectivity index is 2.62. The second kappa shape index (κ2) is 6.56. The Morgan fingerprint density at radius 1 is 1.22 bits per heavy atom. The summed E-state index contributed by atoms with van der Waals surface area (Å²) in [6.07, 6.45) is 0.131. The first-order valence-corrected chi connectivity index (χ1v) is 5.82. The molecule has 7 heteroatoms. The number of carbonyl (C=O) groups is 2. The van der Waals surface area contributed by atoms with Crippen molar-refractivity contribution >= 4 is 40.8 Å². The maximum atomic E-state index is 12.9. The standard InChI is InChI=1S/C11H10Cl2FNO3/c12-7-4-6(14)5-8(13)11(7)15-9(16)2-1-3-10(17)18/h4-5H,1-3H2,(H,15,16)(H,17,18). The van der Waals surface area contributed by atoms with Crippen molar-refractivity contribution in [2.45, 2.75) is 19.3 Å². The SMILES string of the molecule is O=C(O)CCCC(=O)Nc1c(Cl)cc(F)cc1Cl. The molecule has 0 aromatic heterocycles. The number of carboxylic acids is 1. The van der Waals surface area contributed by atoms with Gasteiger partial charge in [0.1, 0.15) is 5.82 Å². The van der Waals surface area contributed by atoms with Crippen LogP contribution >= 0.6 is 23.2 Å². The van der Waals surface area contributed by atoms with Crippen LogP contribution < -0.4 is 5.32 Å². The van der Waals surface area contributed by atoms with E-state index in [1.807, 2.05) is 0 Å². The Morgan fingerprint density at radius 3 is 2.28 bits per heavy atom. The first-order chi connectivity index (χ1) is 8.40. The highest BCUT2D eigenvalue weighted by atomic mass is 35.5. The van der Waals surface area contributed by atoms with Gasteiger partial charge in [-0.25, -0.2) is 4.39 Å². The molecule has 0 bridgehead atoms. The van der Waals surface area contributed by atoms with Crippen molar-refractivity contribution < 1.29 is 19.1 Å². The molecule has 0 atom stereocenters. The second-order valence-electron chi connectivity index (χ2n) is 3.54. The monoisotopic (exact) mass is 293 g/mol. The van der Waals surface area contributed by atoms with Crippen molar-refractivity contribution in [1.82, 2.24) is 0 Å². The van der Waals surface area contributed by atoms with E-state index in [0.717, 1.165) is 12.1 Å². The van der Waals surface area contributed by atoms with Gasteiger partial charge in [-0.15, -0.1) is 0 Å². The van der Waals surface area contributed by atoms with E-state index in [4.69, 9.17) is 28.3 Å². The average Bonchev–Trinajstić information content (AvgIpc) is 2.22. The van der Waals surface area contributed by atoms with E-state index in [9.17, 15) is 14.0 Å². The van der Waals surface area contributed by atoms with E-state index in [2.05, 4.69) is 5.32 Å². The fourth-order valence-electron chi connectivity index (χ4n) is 1.26. The number of halogens is 3. The van der Waals surface area contributed by atoms with Crippen molar-refractivity contribution in [2.75, 3.05) is 5.32 Å². The molecule has 0 spiro atoms. The van der Waals surface area contributed by atoms with E-state index in [0.29, 0.717) is 0 Å². The van der Waals surface area contributed by atoms with Crippen LogP contribution in [-0.2, 0) is 9.59 Å². The summed E-state index contributed by atoms with van der Waals surface area (Å²) in [4.78, 5) is 21.7. The molecule has 4 nitrogen and oxygen atoms in total. The number of nitrogens with one attached hydrogen (secondary N) is 1. The number of hydrogen-bond acceptors (Lipinski definition) is 2. The number of carbonyl (C=O) groups excluding carboxylic acids is 1. The van der Waals surface area contributed by atoms with Crippen molar-refractivity contribution in [1.29, 1.82) is 0 Å². The predicted molar refractivity (Wildman–Crippen MR) is 66.5 cm³/mol. The van der Waals surface area contributed by atoms with Gasteiger partial charge in [-0.05, 0) is 18.6 Å². The molecular formula is C11H10Cl2FNO3. The molecule has 1 aromatic rings. The van der Waals surface area contributed by atoms with E-state index >= 15 is 0 Å². The summed E-state index contributed by atoms with van der Waals surface area (Å²) in [5, 5.41) is 10.8. The van der Waals surface area contributed by atoms with Crippen molar-refractivity contribution in [3.63, 3.8) is 0 Å². The first kappa shape index (κ1) is 14.7.